The highest BCUT2D eigenvalue weighted by molar-refractivity contribution is 6.10. The van der Waals surface area contributed by atoms with Crippen LogP contribution in [0.5, 0.6) is 11.5 Å². The van der Waals surface area contributed by atoms with E-state index >= 15 is 0 Å². The summed E-state index contributed by atoms with van der Waals surface area (Å²) in [6, 6.07) is 13.5. The molecule has 0 amide bonds. The molecule has 0 N–H and O–H groups in total. The molecule has 5 heteroatoms. The van der Waals surface area contributed by atoms with Crippen molar-refractivity contribution in [2.45, 2.75) is 19.8 Å². The Morgan fingerprint density at radius 3 is 2.58 bits per heavy atom. The van der Waals surface area contributed by atoms with Gasteiger partial charge in [0.25, 0.3) is 0 Å². The summed E-state index contributed by atoms with van der Waals surface area (Å²) in [5.41, 5.74) is 0.0410. The number of benzene rings is 2. The average molecular weight is 352 g/mol. The molecule has 1 aromatic heterocycles. The van der Waals surface area contributed by atoms with E-state index in [1.807, 2.05) is 0 Å². The monoisotopic (exact) mass is 352 g/mol. The fourth-order valence-electron chi connectivity index (χ4n) is 2.63. The van der Waals surface area contributed by atoms with E-state index in [9.17, 15) is 9.59 Å². The zero-order chi connectivity index (χ0) is 18.5. The van der Waals surface area contributed by atoms with Gasteiger partial charge in [0.15, 0.2) is 17.1 Å². The second-order valence-corrected chi connectivity index (χ2v) is 5.88. The zero-order valence-electron chi connectivity index (χ0n) is 14.8. The molecule has 0 aliphatic carbocycles. The van der Waals surface area contributed by atoms with Crippen LogP contribution in [-0.4, -0.2) is 19.5 Å². The molecule has 0 unspecified atom stereocenters. The van der Waals surface area contributed by atoms with Crippen LogP contribution in [0, 0.1) is 0 Å². The molecule has 0 fully saturated rings. The van der Waals surface area contributed by atoms with E-state index in [2.05, 4.69) is 6.92 Å². The van der Waals surface area contributed by atoms with Gasteiger partial charge in [0.2, 0.25) is 0 Å². The molecular formula is C21H20O5. The van der Waals surface area contributed by atoms with Gasteiger partial charge in [0.05, 0.1) is 13.7 Å². The first-order chi connectivity index (χ1) is 12.6. The maximum atomic E-state index is 12.7. The van der Waals surface area contributed by atoms with Crippen LogP contribution in [0.25, 0.3) is 11.0 Å². The molecule has 0 bridgehead atoms. The molecule has 1 heterocycles. The molecule has 3 rings (SSSR count). The highest BCUT2D eigenvalue weighted by atomic mass is 16.5. The number of hydrogen-bond acceptors (Lipinski definition) is 5. The van der Waals surface area contributed by atoms with Gasteiger partial charge in [-0.2, -0.15) is 0 Å². The summed E-state index contributed by atoms with van der Waals surface area (Å²) in [6.07, 6.45) is 2.03. The average Bonchev–Trinajstić information content (AvgIpc) is 2.67. The van der Waals surface area contributed by atoms with E-state index in [-0.39, 0.29) is 11.3 Å². The molecule has 0 saturated carbocycles. The molecule has 5 nitrogen and oxygen atoms in total. The third kappa shape index (κ3) is 3.61. The van der Waals surface area contributed by atoms with E-state index in [1.54, 1.807) is 42.5 Å². The van der Waals surface area contributed by atoms with Crippen LogP contribution in [0.15, 0.2) is 57.7 Å². The lowest BCUT2D eigenvalue weighted by molar-refractivity contribution is 0.103. The minimum Gasteiger partial charge on any atom is -0.494 e. The number of carbonyl (C=O) groups excluding carboxylic acids is 1. The van der Waals surface area contributed by atoms with Gasteiger partial charge in [-0.3, -0.25) is 4.79 Å². The Morgan fingerprint density at radius 1 is 1.12 bits per heavy atom. The van der Waals surface area contributed by atoms with Gasteiger partial charge in [-0.1, -0.05) is 25.5 Å². The number of ketones is 1. The summed E-state index contributed by atoms with van der Waals surface area (Å²) in [5, 5.41) is 0.631. The largest absolute Gasteiger partial charge is 0.494 e. The Morgan fingerprint density at radius 2 is 1.88 bits per heavy atom. The highest BCUT2D eigenvalue weighted by Gasteiger charge is 2.17. The maximum Gasteiger partial charge on any atom is 0.347 e. The highest BCUT2D eigenvalue weighted by Crippen LogP contribution is 2.25. The van der Waals surface area contributed by atoms with Crippen LogP contribution in [0.1, 0.15) is 35.7 Å². The van der Waals surface area contributed by atoms with Crippen LogP contribution >= 0.6 is 0 Å². The lowest BCUT2D eigenvalue weighted by atomic mass is 10.0. The quantitative estimate of drug-likeness (QED) is 0.362. The van der Waals surface area contributed by atoms with Crippen molar-refractivity contribution in [3.63, 3.8) is 0 Å². The Balaban J connectivity index is 1.90. The molecule has 134 valence electrons. The van der Waals surface area contributed by atoms with Gasteiger partial charge >= 0.3 is 5.63 Å². The SMILES string of the molecule is CCCCOc1ccc(C(=O)c2cc3cccc(OC)c3oc2=O)cc1. The fourth-order valence-corrected chi connectivity index (χ4v) is 2.63. The first kappa shape index (κ1) is 17.7. The van der Waals surface area contributed by atoms with Crippen LogP contribution in [0.3, 0.4) is 0 Å². The maximum absolute atomic E-state index is 12.7. The third-order valence-corrected chi connectivity index (χ3v) is 4.07. The van der Waals surface area contributed by atoms with Crippen molar-refractivity contribution < 1.29 is 18.7 Å². The first-order valence-electron chi connectivity index (χ1n) is 8.52. The minimum absolute atomic E-state index is 0.00888. The summed E-state index contributed by atoms with van der Waals surface area (Å²) in [4.78, 5) is 25.0. The Hall–Kier alpha value is -3.08. The molecule has 0 spiro atoms. The second-order valence-electron chi connectivity index (χ2n) is 5.88. The summed E-state index contributed by atoms with van der Waals surface area (Å²) >= 11 is 0. The molecular weight excluding hydrogens is 332 g/mol. The van der Waals surface area contributed by atoms with E-state index in [1.165, 1.54) is 13.2 Å². The zero-order valence-corrected chi connectivity index (χ0v) is 14.8. The lowest BCUT2D eigenvalue weighted by Crippen LogP contribution is -2.15. The van der Waals surface area contributed by atoms with E-state index in [0.717, 1.165) is 12.8 Å². The summed E-state index contributed by atoms with van der Waals surface area (Å²) in [7, 11) is 1.50. The molecule has 0 saturated heterocycles. The van der Waals surface area contributed by atoms with Gasteiger partial charge in [-0.25, -0.2) is 4.79 Å². The summed E-state index contributed by atoms with van der Waals surface area (Å²) < 4.78 is 16.1. The van der Waals surface area contributed by atoms with E-state index < -0.39 is 5.63 Å². The van der Waals surface area contributed by atoms with Gasteiger partial charge in [0, 0.05) is 10.9 Å². The first-order valence-corrected chi connectivity index (χ1v) is 8.52. The summed E-state index contributed by atoms with van der Waals surface area (Å²) in [6.45, 7) is 2.73. The van der Waals surface area contributed by atoms with Crippen molar-refractivity contribution in [3.05, 3.63) is 70.1 Å². The van der Waals surface area contributed by atoms with Crippen LogP contribution < -0.4 is 15.1 Å². The molecule has 0 atom stereocenters. The smallest absolute Gasteiger partial charge is 0.347 e. The fraction of sp³-hybridized carbons (Fsp3) is 0.238. The third-order valence-electron chi connectivity index (χ3n) is 4.07. The molecule has 26 heavy (non-hydrogen) atoms. The number of ether oxygens (including phenoxy) is 2. The molecule has 0 radical (unpaired) electrons. The molecule has 0 aliphatic rings. The number of rotatable bonds is 7. The number of fused-ring (bicyclic) bond motifs is 1. The standard InChI is InChI=1S/C21H20O5/c1-3-4-12-25-16-10-8-14(9-11-16)19(22)17-13-15-6-5-7-18(24-2)20(15)26-21(17)23/h5-11,13H,3-4,12H2,1-2H3. The van der Waals surface area contributed by atoms with Crippen molar-refractivity contribution in [1.82, 2.24) is 0 Å². The van der Waals surface area contributed by atoms with Crippen molar-refractivity contribution in [3.8, 4) is 11.5 Å². The van der Waals surface area contributed by atoms with Gasteiger partial charge in [-0.15, -0.1) is 0 Å². The Bertz CT molecular complexity index is 970. The predicted molar refractivity (Wildman–Crippen MR) is 99.3 cm³/mol. The topological polar surface area (TPSA) is 65.7 Å². The van der Waals surface area contributed by atoms with Crippen molar-refractivity contribution in [1.29, 1.82) is 0 Å². The lowest BCUT2D eigenvalue weighted by Gasteiger charge is -2.07. The van der Waals surface area contributed by atoms with E-state index in [0.29, 0.717) is 34.6 Å². The number of hydrogen-bond donors (Lipinski definition) is 0. The Kier molecular flexibility index (Phi) is 5.37. The van der Waals surface area contributed by atoms with Crippen molar-refractivity contribution in [2.24, 2.45) is 0 Å². The van der Waals surface area contributed by atoms with Crippen molar-refractivity contribution >= 4 is 16.8 Å². The van der Waals surface area contributed by atoms with Crippen LogP contribution in [-0.2, 0) is 0 Å². The van der Waals surface area contributed by atoms with Gasteiger partial charge in [0.1, 0.15) is 11.3 Å². The normalized spacial score (nSPS) is 10.7. The van der Waals surface area contributed by atoms with Crippen LogP contribution in [0.2, 0.25) is 0 Å². The summed E-state index contributed by atoms with van der Waals surface area (Å²) in [5.74, 6) is 0.765. The number of unbranched alkanes of at least 4 members (excludes halogenated alkanes) is 1. The number of para-hydroxylation sites is 1. The van der Waals surface area contributed by atoms with Crippen LogP contribution in [0.4, 0.5) is 0 Å². The van der Waals surface area contributed by atoms with Crippen molar-refractivity contribution in [2.75, 3.05) is 13.7 Å². The molecule has 0 aliphatic heterocycles. The molecule has 2 aromatic carbocycles. The molecule has 3 aromatic rings. The number of methoxy groups -OCH3 is 1. The minimum atomic E-state index is -0.685. The predicted octanol–water partition coefficient (Wildman–Crippen LogP) is 4.21. The van der Waals surface area contributed by atoms with Gasteiger partial charge in [-0.05, 0) is 42.8 Å². The second kappa shape index (κ2) is 7.87. The number of carbonyl (C=O) groups is 1. The van der Waals surface area contributed by atoms with Gasteiger partial charge < -0.3 is 13.9 Å². The Labute approximate surface area is 151 Å². The van der Waals surface area contributed by atoms with E-state index in [4.69, 9.17) is 13.9 Å².